The van der Waals surface area contributed by atoms with Gasteiger partial charge in [-0.3, -0.25) is 14.7 Å². The van der Waals surface area contributed by atoms with Gasteiger partial charge in [-0.2, -0.15) is 0 Å². The Morgan fingerprint density at radius 2 is 1.75 bits per heavy atom. The molecular weight excluding hydrogens is 374 g/mol. The molecule has 4 rings (SSSR count). The van der Waals surface area contributed by atoms with Gasteiger partial charge in [0.1, 0.15) is 0 Å². The molecule has 4 heterocycles. The fraction of sp³-hybridized carbons (Fsp3) is 0.550. The molecule has 2 aliphatic heterocycles. The molecule has 0 bridgehead atoms. The van der Waals surface area contributed by atoms with E-state index < -0.39 is 0 Å². The van der Waals surface area contributed by atoms with Crippen LogP contribution in [0.5, 0.6) is 0 Å². The molecule has 28 heavy (non-hydrogen) atoms. The van der Waals surface area contributed by atoms with Crippen molar-refractivity contribution in [2.45, 2.75) is 44.4 Å². The van der Waals surface area contributed by atoms with Crippen molar-refractivity contribution in [3.63, 3.8) is 0 Å². The third-order valence-electron chi connectivity index (χ3n) is 5.53. The van der Waals surface area contributed by atoms with E-state index in [1.807, 2.05) is 11.1 Å². The van der Waals surface area contributed by atoms with Crippen LogP contribution in [0.4, 0.5) is 5.13 Å². The highest BCUT2D eigenvalue weighted by Crippen LogP contribution is 2.24. The fourth-order valence-corrected chi connectivity index (χ4v) is 4.69. The summed E-state index contributed by atoms with van der Waals surface area (Å²) in [6.45, 7) is 4.54. The van der Waals surface area contributed by atoms with Crippen LogP contribution in [0.2, 0.25) is 0 Å². The van der Waals surface area contributed by atoms with E-state index in [0.29, 0.717) is 16.8 Å². The van der Waals surface area contributed by atoms with Gasteiger partial charge >= 0.3 is 0 Å². The molecule has 1 amide bonds. The van der Waals surface area contributed by atoms with Crippen LogP contribution in [0, 0.1) is 0 Å². The zero-order valence-electron chi connectivity index (χ0n) is 16.0. The van der Waals surface area contributed by atoms with Gasteiger partial charge in [0.15, 0.2) is 5.13 Å². The molecule has 2 aromatic heterocycles. The number of amides is 1. The Bertz CT molecular complexity index is 768. The van der Waals surface area contributed by atoms with Gasteiger partial charge in [-0.15, -0.1) is 11.3 Å². The van der Waals surface area contributed by atoms with Crippen LogP contribution < -0.4 is 5.73 Å². The molecule has 7 nitrogen and oxygen atoms in total. The molecular formula is C20H27N5O2S. The van der Waals surface area contributed by atoms with E-state index in [0.717, 1.165) is 58.4 Å². The van der Waals surface area contributed by atoms with E-state index in [-0.39, 0.29) is 12.0 Å². The van der Waals surface area contributed by atoms with E-state index in [1.165, 1.54) is 4.88 Å². The Morgan fingerprint density at radius 1 is 1.11 bits per heavy atom. The number of anilines is 1. The lowest BCUT2D eigenvalue weighted by Gasteiger charge is -2.37. The van der Waals surface area contributed by atoms with Crippen LogP contribution in [0.3, 0.4) is 0 Å². The number of nitrogen functional groups attached to an aromatic ring is 1. The van der Waals surface area contributed by atoms with Crippen LogP contribution >= 0.6 is 11.3 Å². The van der Waals surface area contributed by atoms with Gasteiger partial charge in [0.2, 0.25) is 0 Å². The Labute approximate surface area is 169 Å². The quantitative estimate of drug-likeness (QED) is 0.828. The summed E-state index contributed by atoms with van der Waals surface area (Å²) >= 11 is 1.57. The molecule has 0 saturated carbocycles. The molecule has 150 valence electrons. The number of nitrogens with zero attached hydrogens (tertiary/aromatic N) is 4. The normalized spacial score (nSPS) is 19.8. The number of hydrogen-bond acceptors (Lipinski definition) is 7. The number of ether oxygens (including phenoxy) is 1. The minimum Gasteiger partial charge on any atom is -0.375 e. The van der Waals surface area contributed by atoms with E-state index in [1.54, 1.807) is 35.9 Å². The molecule has 0 aromatic carbocycles. The van der Waals surface area contributed by atoms with E-state index in [9.17, 15) is 4.79 Å². The summed E-state index contributed by atoms with van der Waals surface area (Å²) in [7, 11) is 0. The second kappa shape index (κ2) is 8.98. The molecule has 2 fully saturated rings. The van der Waals surface area contributed by atoms with Crippen molar-refractivity contribution in [1.29, 1.82) is 0 Å². The standard InChI is InChI=1S/C20H27N5O2S/c21-20-23-13-18(28-20)14-24-9-3-16(4-10-24)27-17-5-11-25(12-6-17)19(26)15-1-7-22-8-2-15/h1-2,7-8,13,16-17H,3-6,9-12,14H2,(H2,21,23). The predicted molar refractivity (Wildman–Crippen MR) is 109 cm³/mol. The summed E-state index contributed by atoms with van der Waals surface area (Å²) in [5.41, 5.74) is 6.43. The maximum atomic E-state index is 12.5. The summed E-state index contributed by atoms with van der Waals surface area (Å²) in [5.74, 6) is 0.0952. The van der Waals surface area contributed by atoms with Crippen molar-refractivity contribution >= 4 is 22.4 Å². The first-order valence-electron chi connectivity index (χ1n) is 9.94. The first kappa shape index (κ1) is 19.3. The molecule has 2 N–H and O–H groups in total. The lowest BCUT2D eigenvalue weighted by Crippen LogP contribution is -2.43. The minimum atomic E-state index is 0.0952. The lowest BCUT2D eigenvalue weighted by atomic mass is 10.0. The van der Waals surface area contributed by atoms with Crippen LogP contribution in [-0.2, 0) is 11.3 Å². The fourth-order valence-electron chi connectivity index (χ4n) is 3.96. The lowest BCUT2D eigenvalue weighted by molar-refractivity contribution is -0.0628. The second-order valence-corrected chi connectivity index (χ2v) is 8.65. The molecule has 0 atom stereocenters. The predicted octanol–water partition coefficient (Wildman–Crippen LogP) is 2.41. The Balaban J connectivity index is 1.18. The third kappa shape index (κ3) is 4.87. The maximum absolute atomic E-state index is 12.5. The Hall–Kier alpha value is -2.03. The largest absolute Gasteiger partial charge is 0.375 e. The number of rotatable bonds is 5. The summed E-state index contributed by atoms with van der Waals surface area (Å²) in [5, 5.41) is 0.641. The van der Waals surface area contributed by atoms with Crippen LogP contribution in [0.25, 0.3) is 0 Å². The van der Waals surface area contributed by atoms with Gasteiger partial charge in [-0.1, -0.05) is 0 Å². The summed E-state index contributed by atoms with van der Waals surface area (Å²) in [4.78, 5) is 26.2. The van der Waals surface area contributed by atoms with Crippen molar-refractivity contribution in [3.8, 4) is 0 Å². The van der Waals surface area contributed by atoms with Gasteiger partial charge in [-0.25, -0.2) is 4.98 Å². The van der Waals surface area contributed by atoms with E-state index in [2.05, 4.69) is 14.9 Å². The van der Waals surface area contributed by atoms with Crippen LogP contribution in [0.1, 0.15) is 40.9 Å². The first-order chi connectivity index (χ1) is 13.7. The van der Waals surface area contributed by atoms with Crippen molar-refractivity contribution in [2.75, 3.05) is 31.9 Å². The maximum Gasteiger partial charge on any atom is 0.253 e. The number of likely N-dealkylation sites (tertiary alicyclic amines) is 2. The molecule has 0 unspecified atom stereocenters. The first-order valence-corrected chi connectivity index (χ1v) is 10.8. The molecule has 0 spiro atoms. The number of hydrogen-bond donors (Lipinski definition) is 1. The van der Waals surface area contributed by atoms with Crippen molar-refractivity contribution in [1.82, 2.24) is 19.8 Å². The van der Waals surface area contributed by atoms with E-state index >= 15 is 0 Å². The van der Waals surface area contributed by atoms with Crippen molar-refractivity contribution in [3.05, 3.63) is 41.2 Å². The number of thiazole rings is 1. The summed E-state index contributed by atoms with van der Waals surface area (Å²) in [6, 6.07) is 3.55. The number of carbonyl (C=O) groups excluding carboxylic acids is 1. The highest BCUT2D eigenvalue weighted by atomic mass is 32.1. The SMILES string of the molecule is Nc1ncc(CN2CCC(OC3CCN(C(=O)c4ccncc4)CC3)CC2)s1. The second-order valence-electron chi connectivity index (χ2n) is 7.50. The van der Waals surface area contributed by atoms with Gasteiger partial charge in [0, 0.05) is 61.8 Å². The Kier molecular flexibility index (Phi) is 6.19. The summed E-state index contributed by atoms with van der Waals surface area (Å²) in [6.07, 6.45) is 9.75. The van der Waals surface area contributed by atoms with Gasteiger partial charge in [-0.05, 0) is 37.8 Å². The van der Waals surface area contributed by atoms with Crippen LogP contribution in [0.15, 0.2) is 30.7 Å². The molecule has 0 radical (unpaired) electrons. The van der Waals surface area contributed by atoms with E-state index in [4.69, 9.17) is 10.5 Å². The average Bonchev–Trinajstić information content (AvgIpc) is 3.15. The molecule has 2 aromatic rings. The topological polar surface area (TPSA) is 84.6 Å². The zero-order valence-corrected chi connectivity index (χ0v) is 16.8. The summed E-state index contributed by atoms with van der Waals surface area (Å²) < 4.78 is 6.36. The Morgan fingerprint density at radius 3 is 2.36 bits per heavy atom. The zero-order chi connectivity index (χ0) is 19.3. The number of aromatic nitrogens is 2. The average molecular weight is 402 g/mol. The third-order valence-corrected chi connectivity index (χ3v) is 6.34. The highest BCUT2D eigenvalue weighted by molar-refractivity contribution is 7.15. The van der Waals surface area contributed by atoms with Crippen molar-refractivity contribution in [2.24, 2.45) is 0 Å². The van der Waals surface area contributed by atoms with Crippen molar-refractivity contribution < 1.29 is 9.53 Å². The van der Waals surface area contributed by atoms with Gasteiger partial charge in [0.25, 0.3) is 5.91 Å². The number of piperidine rings is 2. The molecule has 2 saturated heterocycles. The monoisotopic (exact) mass is 401 g/mol. The smallest absolute Gasteiger partial charge is 0.253 e. The molecule has 8 heteroatoms. The number of nitrogens with two attached hydrogens (primary N) is 1. The van der Waals surface area contributed by atoms with Crippen LogP contribution in [-0.4, -0.2) is 64.1 Å². The highest BCUT2D eigenvalue weighted by Gasteiger charge is 2.28. The number of pyridine rings is 1. The van der Waals surface area contributed by atoms with Gasteiger partial charge < -0.3 is 15.4 Å². The van der Waals surface area contributed by atoms with Gasteiger partial charge in [0.05, 0.1) is 12.2 Å². The number of carbonyl (C=O) groups is 1. The molecule has 2 aliphatic rings. The minimum absolute atomic E-state index is 0.0952. The molecule has 0 aliphatic carbocycles.